The van der Waals surface area contributed by atoms with E-state index in [4.69, 9.17) is 14.2 Å². The van der Waals surface area contributed by atoms with E-state index in [-0.39, 0.29) is 12.4 Å². The van der Waals surface area contributed by atoms with Crippen LogP contribution in [0.3, 0.4) is 0 Å². The topological polar surface area (TPSA) is 78.7 Å². The van der Waals surface area contributed by atoms with Crippen LogP contribution in [0.4, 0.5) is 18.0 Å². The van der Waals surface area contributed by atoms with Crippen molar-refractivity contribution >= 4 is 11.7 Å². The SMILES string of the molecule is COc1ccc(-n2ccnc2C(F)(F)F)nc1C1=C[C@@]2(CCCN(C(=O)OC(C)(C)C)[C@H]2c2ccccc2)OC1. The highest BCUT2D eigenvalue weighted by Gasteiger charge is 2.50. The van der Waals surface area contributed by atoms with Crippen LogP contribution < -0.4 is 4.74 Å². The van der Waals surface area contributed by atoms with E-state index in [1.807, 2.05) is 57.2 Å². The first-order valence-electron chi connectivity index (χ1n) is 13.0. The molecular weight excluding hydrogens is 525 g/mol. The van der Waals surface area contributed by atoms with Gasteiger partial charge in [0.15, 0.2) is 0 Å². The number of halogens is 3. The molecule has 4 heterocycles. The van der Waals surface area contributed by atoms with Crippen LogP contribution in [0.1, 0.15) is 56.7 Å². The molecule has 2 aliphatic rings. The molecule has 0 unspecified atom stereocenters. The second-order valence-corrected chi connectivity index (χ2v) is 10.8. The molecule has 0 bridgehead atoms. The van der Waals surface area contributed by atoms with Crippen molar-refractivity contribution < 1.29 is 32.2 Å². The first-order chi connectivity index (χ1) is 18.9. The van der Waals surface area contributed by atoms with Crippen LogP contribution in [-0.2, 0) is 15.7 Å². The molecule has 1 aromatic carbocycles. The molecule has 1 amide bonds. The van der Waals surface area contributed by atoms with Gasteiger partial charge < -0.3 is 14.2 Å². The molecular formula is C29H31F3N4O4. The highest BCUT2D eigenvalue weighted by atomic mass is 19.4. The van der Waals surface area contributed by atoms with E-state index in [0.717, 1.165) is 16.3 Å². The molecule has 0 N–H and O–H groups in total. The Morgan fingerprint density at radius 1 is 1.12 bits per heavy atom. The van der Waals surface area contributed by atoms with Gasteiger partial charge in [-0.05, 0) is 57.4 Å². The lowest BCUT2D eigenvalue weighted by Crippen LogP contribution is -2.53. The Bertz CT molecular complexity index is 1410. The largest absolute Gasteiger partial charge is 0.494 e. The van der Waals surface area contributed by atoms with Crippen LogP contribution in [0.25, 0.3) is 11.4 Å². The molecule has 0 radical (unpaired) electrons. The van der Waals surface area contributed by atoms with Gasteiger partial charge in [-0.2, -0.15) is 13.2 Å². The maximum absolute atomic E-state index is 13.6. The number of carbonyl (C=O) groups is 1. The lowest BCUT2D eigenvalue weighted by atomic mass is 9.80. The number of ether oxygens (including phenoxy) is 3. The maximum atomic E-state index is 13.6. The zero-order valence-electron chi connectivity index (χ0n) is 22.7. The van der Waals surface area contributed by atoms with Crippen molar-refractivity contribution in [3.63, 3.8) is 0 Å². The molecule has 2 aromatic heterocycles. The molecule has 212 valence electrons. The smallest absolute Gasteiger partial charge is 0.450 e. The van der Waals surface area contributed by atoms with Gasteiger partial charge in [-0.1, -0.05) is 30.3 Å². The number of hydrogen-bond donors (Lipinski definition) is 0. The number of aromatic nitrogens is 3. The van der Waals surface area contributed by atoms with Gasteiger partial charge in [0.1, 0.15) is 28.5 Å². The van der Waals surface area contributed by atoms with E-state index in [2.05, 4.69) is 9.97 Å². The maximum Gasteiger partial charge on any atom is 0.450 e. The van der Waals surface area contributed by atoms with Gasteiger partial charge in [-0.15, -0.1) is 0 Å². The number of likely N-dealkylation sites (tertiary alicyclic amines) is 1. The number of benzene rings is 1. The number of nitrogens with zero attached hydrogens (tertiary/aromatic N) is 4. The van der Waals surface area contributed by atoms with E-state index < -0.39 is 35.3 Å². The third kappa shape index (κ3) is 5.30. The predicted molar refractivity (Wildman–Crippen MR) is 141 cm³/mol. The lowest BCUT2D eigenvalue weighted by Gasteiger charge is -2.47. The Labute approximate surface area is 230 Å². The minimum Gasteiger partial charge on any atom is -0.494 e. The molecule has 1 saturated heterocycles. The van der Waals surface area contributed by atoms with Crippen molar-refractivity contribution in [2.45, 2.75) is 57.0 Å². The summed E-state index contributed by atoms with van der Waals surface area (Å²) in [6, 6.07) is 12.1. The normalized spacial score (nSPS) is 21.4. The van der Waals surface area contributed by atoms with E-state index in [0.29, 0.717) is 36.4 Å². The second-order valence-electron chi connectivity index (χ2n) is 10.8. The molecule has 8 nitrogen and oxygen atoms in total. The zero-order valence-corrected chi connectivity index (χ0v) is 22.7. The fourth-order valence-corrected chi connectivity index (χ4v) is 5.36. The number of piperidine rings is 1. The summed E-state index contributed by atoms with van der Waals surface area (Å²) in [4.78, 5) is 23.1. The van der Waals surface area contributed by atoms with Crippen LogP contribution in [0.2, 0.25) is 0 Å². The number of carbonyl (C=O) groups excluding carboxylic acids is 1. The van der Waals surface area contributed by atoms with Gasteiger partial charge >= 0.3 is 12.3 Å². The first-order valence-corrected chi connectivity index (χ1v) is 13.0. The summed E-state index contributed by atoms with van der Waals surface area (Å²) in [6.07, 6.45) is 0.434. The molecule has 2 atom stereocenters. The average Bonchev–Trinajstić information content (AvgIpc) is 3.56. The summed E-state index contributed by atoms with van der Waals surface area (Å²) in [7, 11) is 1.47. The molecule has 1 spiro atoms. The number of hydrogen-bond acceptors (Lipinski definition) is 6. The van der Waals surface area contributed by atoms with Crippen LogP contribution in [0.15, 0.2) is 60.9 Å². The monoisotopic (exact) mass is 556 g/mol. The van der Waals surface area contributed by atoms with Crippen molar-refractivity contribution in [2.24, 2.45) is 0 Å². The molecule has 2 aliphatic heterocycles. The zero-order chi connectivity index (χ0) is 28.7. The molecule has 0 saturated carbocycles. The summed E-state index contributed by atoms with van der Waals surface area (Å²) in [5.74, 6) is -0.643. The Balaban J connectivity index is 1.59. The van der Waals surface area contributed by atoms with Crippen LogP contribution >= 0.6 is 0 Å². The van der Waals surface area contributed by atoms with Gasteiger partial charge in [-0.25, -0.2) is 14.8 Å². The number of pyridine rings is 1. The lowest BCUT2D eigenvalue weighted by molar-refractivity contribution is -0.146. The summed E-state index contributed by atoms with van der Waals surface area (Å²) < 4.78 is 59.3. The molecule has 1 fully saturated rings. The van der Waals surface area contributed by atoms with Crippen molar-refractivity contribution in [1.29, 1.82) is 0 Å². The third-order valence-corrected chi connectivity index (χ3v) is 6.91. The number of methoxy groups -OCH3 is 1. The van der Waals surface area contributed by atoms with E-state index >= 15 is 0 Å². The molecule has 0 aliphatic carbocycles. The van der Waals surface area contributed by atoms with Crippen molar-refractivity contribution in [2.75, 3.05) is 20.3 Å². The summed E-state index contributed by atoms with van der Waals surface area (Å²) in [6.45, 7) is 6.08. The molecule has 11 heteroatoms. The van der Waals surface area contributed by atoms with Crippen molar-refractivity contribution in [1.82, 2.24) is 19.4 Å². The second kappa shape index (κ2) is 10.3. The van der Waals surface area contributed by atoms with E-state index in [9.17, 15) is 18.0 Å². The fourth-order valence-electron chi connectivity index (χ4n) is 5.36. The third-order valence-electron chi connectivity index (χ3n) is 6.91. The van der Waals surface area contributed by atoms with E-state index in [1.54, 1.807) is 11.0 Å². The minimum absolute atomic E-state index is 0.0427. The Kier molecular flexibility index (Phi) is 7.11. The van der Waals surface area contributed by atoms with Crippen molar-refractivity contribution in [3.8, 4) is 11.6 Å². The van der Waals surface area contributed by atoms with Gasteiger partial charge in [0, 0.05) is 24.5 Å². The average molecular weight is 557 g/mol. The molecule has 3 aromatic rings. The minimum atomic E-state index is -4.65. The van der Waals surface area contributed by atoms with Gasteiger partial charge in [-0.3, -0.25) is 9.47 Å². The van der Waals surface area contributed by atoms with Crippen LogP contribution in [0, 0.1) is 0 Å². The number of rotatable bonds is 4. The summed E-state index contributed by atoms with van der Waals surface area (Å²) in [5, 5.41) is 0. The number of alkyl halides is 3. The van der Waals surface area contributed by atoms with Gasteiger partial charge in [0.2, 0.25) is 5.82 Å². The predicted octanol–water partition coefficient (Wildman–Crippen LogP) is 6.22. The highest BCUT2D eigenvalue weighted by molar-refractivity contribution is 5.74. The Morgan fingerprint density at radius 2 is 1.88 bits per heavy atom. The van der Waals surface area contributed by atoms with Crippen LogP contribution in [0.5, 0.6) is 5.75 Å². The van der Waals surface area contributed by atoms with Gasteiger partial charge in [0.25, 0.3) is 0 Å². The van der Waals surface area contributed by atoms with E-state index in [1.165, 1.54) is 19.4 Å². The van der Waals surface area contributed by atoms with Gasteiger partial charge in [0.05, 0.1) is 19.8 Å². The van der Waals surface area contributed by atoms with Crippen LogP contribution in [-0.4, -0.2) is 57.0 Å². The summed E-state index contributed by atoms with van der Waals surface area (Å²) in [5.41, 5.74) is 0.313. The van der Waals surface area contributed by atoms with Crippen molar-refractivity contribution in [3.05, 3.63) is 78.0 Å². The number of amides is 1. The molecule has 40 heavy (non-hydrogen) atoms. The molecule has 5 rings (SSSR count). The highest BCUT2D eigenvalue weighted by Crippen LogP contribution is 2.48. The summed E-state index contributed by atoms with van der Waals surface area (Å²) >= 11 is 0. The fraction of sp³-hybridized carbons (Fsp3) is 0.414. The standard InChI is InChI=1S/C29H31F3N4O4/c1-27(2,3)40-26(37)36-15-8-13-28(24(36)19-9-6-5-7-10-19)17-20(18-39-28)23-21(38-4)11-12-22(34-23)35-16-14-33-25(35)29(30,31)32/h5-7,9-12,14,16-17,24H,8,13,15,18H2,1-4H3/t24-,28+/m0/s1. The quantitative estimate of drug-likeness (QED) is 0.380. The number of imidazole rings is 1. The Hall–Kier alpha value is -3.86. The first kappa shape index (κ1) is 27.7. The Morgan fingerprint density at radius 3 is 2.55 bits per heavy atom.